The number of para-hydroxylation sites is 1. The molecule has 1 atom stereocenters. The number of aryl methyl sites for hydroxylation is 1. The minimum atomic E-state index is -0.820. The average molecular weight is 274 g/mol. The van der Waals surface area contributed by atoms with E-state index < -0.39 is 6.10 Å². The van der Waals surface area contributed by atoms with Gasteiger partial charge in [-0.25, -0.2) is 9.78 Å². The molecule has 0 saturated heterocycles. The molecule has 1 heterocycles. The molecular formula is C15H18N2O3. The molecule has 5 heteroatoms. The molecule has 0 amide bonds. The monoisotopic (exact) mass is 274 g/mol. The summed E-state index contributed by atoms with van der Waals surface area (Å²) in [6, 6.07) is 7.28. The van der Waals surface area contributed by atoms with Gasteiger partial charge in [-0.2, -0.15) is 0 Å². The smallest absolute Gasteiger partial charge is 0.347 e. The molecule has 0 aliphatic rings. The third kappa shape index (κ3) is 3.24. The standard InChI is InChI=1S/C15H18N2O3/c1-3-20-14-7-5-4-6-12(14)13(18)10-17-9-11(2)8-16-15(17)19/h4-9,13,18H,3,10H2,1-2H3. The molecule has 5 nitrogen and oxygen atoms in total. The number of nitrogens with zero attached hydrogens (tertiary/aromatic N) is 2. The molecule has 0 saturated carbocycles. The van der Waals surface area contributed by atoms with E-state index in [0.717, 1.165) is 5.56 Å². The molecule has 0 spiro atoms. The lowest BCUT2D eigenvalue weighted by molar-refractivity contribution is 0.149. The molecular weight excluding hydrogens is 256 g/mol. The summed E-state index contributed by atoms with van der Waals surface area (Å²) in [6.07, 6.45) is 2.38. The summed E-state index contributed by atoms with van der Waals surface area (Å²) < 4.78 is 6.89. The number of benzene rings is 1. The van der Waals surface area contributed by atoms with Gasteiger partial charge in [0.1, 0.15) is 11.9 Å². The van der Waals surface area contributed by atoms with E-state index in [-0.39, 0.29) is 12.2 Å². The van der Waals surface area contributed by atoms with Crippen molar-refractivity contribution < 1.29 is 9.84 Å². The Morgan fingerprint density at radius 1 is 1.40 bits per heavy atom. The van der Waals surface area contributed by atoms with E-state index in [2.05, 4.69) is 4.98 Å². The summed E-state index contributed by atoms with van der Waals surface area (Å²) in [6.45, 7) is 4.41. The molecule has 0 fully saturated rings. The van der Waals surface area contributed by atoms with E-state index in [1.807, 2.05) is 26.0 Å². The summed E-state index contributed by atoms with van der Waals surface area (Å²) in [5.41, 5.74) is 1.17. The van der Waals surface area contributed by atoms with Crippen LogP contribution in [0.5, 0.6) is 5.75 Å². The van der Waals surface area contributed by atoms with E-state index in [1.54, 1.807) is 18.3 Å². The van der Waals surface area contributed by atoms with Crippen LogP contribution in [-0.4, -0.2) is 21.3 Å². The molecule has 2 aromatic rings. The Kier molecular flexibility index (Phi) is 4.53. The highest BCUT2D eigenvalue weighted by atomic mass is 16.5. The van der Waals surface area contributed by atoms with Gasteiger partial charge in [0, 0.05) is 18.0 Å². The van der Waals surface area contributed by atoms with Crippen LogP contribution < -0.4 is 10.4 Å². The fourth-order valence-corrected chi connectivity index (χ4v) is 2.02. The van der Waals surface area contributed by atoms with Crippen molar-refractivity contribution in [1.82, 2.24) is 9.55 Å². The summed E-state index contributed by atoms with van der Waals surface area (Å²) in [5.74, 6) is 0.635. The van der Waals surface area contributed by atoms with Crippen LogP contribution in [0.2, 0.25) is 0 Å². The lowest BCUT2D eigenvalue weighted by Crippen LogP contribution is -2.25. The van der Waals surface area contributed by atoms with Crippen molar-refractivity contribution in [3.8, 4) is 5.75 Å². The lowest BCUT2D eigenvalue weighted by atomic mass is 10.1. The third-order valence-corrected chi connectivity index (χ3v) is 2.93. The lowest BCUT2D eigenvalue weighted by Gasteiger charge is -2.16. The highest BCUT2D eigenvalue weighted by Gasteiger charge is 2.14. The van der Waals surface area contributed by atoms with Gasteiger partial charge in [-0.05, 0) is 25.5 Å². The first-order valence-corrected chi connectivity index (χ1v) is 6.54. The minimum Gasteiger partial charge on any atom is -0.493 e. The van der Waals surface area contributed by atoms with Crippen molar-refractivity contribution in [3.63, 3.8) is 0 Å². The van der Waals surface area contributed by atoms with Crippen molar-refractivity contribution in [3.05, 3.63) is 58.3 Å². The van der Waals surface area contributed by atoms with Gasteiger partial charge < -0.3 is 9.84 Å². The first-order valence-electron chi connectivity index (χ1n) is 6.54. The molecule has 2 rings (SSSR count). The van der Waals surface area contributed by atoms with Crippen LogP contribution in [0.15, 0.2) is 41.5 Å². The predicted octanol–water partition coefficient (Wildman–Crippen LogP) is 1.68. The van der Waals surface area contributed by atoms with Crippen molar-refractivity contribution in [2.24, 2.45) is 0 Å². The minimum absolute atomic E-state index is 0.150. The Bertz CT molecular complexity index is 637. The molecule has 106 valence electrons. The normalized spacial score (nSPS) is 12.2. The zero-order valence-electron chi connectivity index (χ0n) is 11.6. The Balaban J connectivity index is 2.26. The first-order chi connectivity index (χ1) is 9.61. The number of aliphatic hydroxyl groups is 1. The maximum absolute atomic E-state index is 11.7. The summed E-state index contributed by atoms with van der Waals surface area (Å²) in [7, 11) is 0. The molecule has 0 bridgehead atoms. The maximum atomic E-state index is 11.7. The fourth-order valence-electron chi connectivity index (χ4n) is 2.02. The average Bonchev–Trinajstić information content (AvgIpc) is 2.44. The summed E-state index contributed by atoms with van der Waals surface area (Å²) in [5, 5.41) is 10.3. The van der Waals surface area contributed by atoms with E-state index in [9.17, 15) is 9.90 Å². The molecule has 1 aromatic heterocycles. The predicted molar refractivity (Wildman–Crippen MR) is 75.8 cm³/mol. The Labute approximate surface area is 117 Å². The largest absolute Gasteiger partial charge is 0.493 e. The molecule has 20 heavy (non-hydrogen) atoms. The van der Waals surface area contributed by atoms with Crippen LogP contribution in [0.1, 0.15) is 24.2 Å². The zero-order chi connectivity index (χ0) is 14.5. The van der Waals surface area contributed by atoms with E-state index in [0.29, 0.717) is 17.9 Å². The SMILES string of the molecule is CCOc1ccccc1C(O)Cn1cc(C)cnc1=O. The summed E-state index contributed by atoms with van der Waals surface area (Å²) in [4.78, 5) is 15.4. The van der Waals surface area contributed by atoms with Crippen LogP contribution in [0.4, 0.5) is 0 Å². The van der Waals surface area contributed by atoms with Gasteiger partial charge >= 0.3 is 5.69 Å². The highest BCUT2D eigenvalue weighted by Crippen LogP contribution is 2.25. The molecule has 1 unspecified atom stereocenters. The van der Waals surface area contributed by atoms with Crippen LogP contribution in [0, 0.1) is 6.92 Å². The van der Waals surface area contributed by atoms with E-state index in [4.69, 9.17) is 4.74 Å². The topological polar surface area (TPSA) is 64.3 Å². The zero-order valence-corrected chi connectivity index (χ0v) is 11.6. The first kappa shape index (κ1) is 14.3. The Morgan fingerprint density at radius 3 is 2.90 bits per heavy atom. The second kappa shape index (κ2) is 6.34. The maximum Gasteiger partial charge on any atom is 0.347 e. The van der Waals surface area contributed by atoms with Gasteiger partial charge in [0.25, 0.3) is 0 Å². The summed E-state index contributed by atoms with van der Waals surface area (Å²) >= 11 is 0. The number of rotatable bonds is 5. The van der Waals surface area contributed by atoms with E-state index >= 15 is 0 Å². The second-order valence-corrected chi connectivity index (χ2v) is 4.55. The van der Waals surface area contributed by atoms with Crippen molar-refractivity contribution >= 4 is 0 Å². The van der Waals surface area contributed by atoms with E-state index in [1.165, 1.54) is 10.8 Å². The van der Waals surface area contributed by atoms with Gasteiger partial charge in [-0.1, -0.05) is 18.2 Å². The van der Waals surface area contributed by atoms with Crippen LogP contribution in [0.25, 0.3) is 0 Å². The Morgan fingerprint density at radius 2 is 2.15 bits per heavy atom. The molecule has 0 aliphatic carbocycles. The number of aliphatic hydroxyl groups excluding tert-OH is 1. The quantitative estimate of drug-likeness (QED) is 0.901. The highest BCUT2D eigenvalue weighted by molar-refractivity contribution is 5.35. The van der Waals surface area contributed by atoms with Gasteiger partial charge in [0.05, 0.1) is 13.2 Å². The third-order valence-electron chi connectivity index (χ3n) is 2.93. The Hall–Kier alpha value is -2.14. The van der Waals surface area contributed by atoms with Gasteiger partial charge in [-0.3, -0.25) is 4.57 Å². The number of aromatic nitrogens is 2. The fraction of sp³-hybridized carbons (Fsp3) is 0.333. The van der Waals surface area contributed by atoms with Crippen molar-refractivity contribution in [2.45, 2.75) is 26.5 Å². The molecule has 0 radical (unpaired) electrons. The number of hydrogen-bond acceptors (Lipinski definition) is 4. The van der Waals surface area contributed by atoms with Gasteiger partial charge in [-0.15, -0.1) is 0 Å². The van der Waals surface area contributed by atoms with Crippen molar-refractivity contribution in [1.29, 1.82) is 0 Å². The van der Waals surface area contributed by atoms with Gasteiger partial charge in [0.2, 0.25) is 0 Å². The van der Waals surface area contributed by atoms with Crippen LogP contribution in [-0.2, 0) is 6.54 Å². The molecule has 1 N–H and O–H groups in total. The number of ether oxygens (including phenoxy) is 1. The second-order valence-electron chi connectivity index (χ2n) is 4.55. The van der Waals surface area contributed by atoms with Crippen LogP contribution >= 0.6 is 0 Å². The number of hydrogen-bond donors (Lipinski definition) is 1. The van der Waals surface area contributed by atoms with Crippen LogP contribution in [0.3, 0.4) is 0 Å². The van der Waals surface area contributed by atoms with Gasteiger partial charge in [0.15, 0.2) is 0 Å². The van der Waals surface area contributed by atoms with Crippen molar-refractivity contribution in [2.75, 3.05) is 6.61 Å². The molecule has 0 aliphatic heterocycles. The molecule has 1 aromatic carbocycles.